The lowest BCUT2D eigenvalue weighted by atomic mass is 10.0. The van der Waals surface area contributed by atoms with Gasteiger partial charge in [0.05, 0.1) is 6.07 Å². The van der Waals surface area contributed by atoms with Crippen molar-refractivity contribution in [2.45, 2.75) is 25.0 Å². The summed E-state index contributed by atoms with van der Waals surface area (Å²) >= 11 is 1.55. The van der Waals surface area contributed by atoms with Crippen LogP contribution in [0, 0.1) is 11.3 Å². The summed E-state index contributed by atoms with van der Waals surface area (Å²) < 4.78 is 0. The SMILES string of the molecule is C[C@H](C#N)NC(=O)C1(O)CCSC1. The molecule has 0 aromatic heterocycles. The average Bonchev–Trinajstić information content (AvgIpc) is 2.53. The molecule has 72 valence electrons. The number of nitrogens with one attached hydrogen (secondary N) is 1. The van der Waals surface area contributed by atoms with Crippen molar-refractivity contribution in [2.75, 3.05) is 11.5 Å². The van der Waals surface area contributed by atoms with Crippen LogP contribution in [0.2, 0.25) is 0 Å². The van der Waals surface area contributed by atoms with Crippen molar-refractivity contribution < 1.29 is 9.90 Å². The molecule has 0 bridgehead atoms. The second-order valence-corrected chi connectivity index (χ2v) is 4.26. The fourth-order valence-corrected chi connectivity index (χ4v) is 2.34. The van der Waals surface area contributed by atoms with E-state index in [4.69, 9.17) is 5.26 Å². The molecule has 4 nitrogen and oxygen atoms in total. The first-order chi connectivity index (χ1) is 6.08. The van der Waals surface area contributed by atoms with Crippen molar-refractivity contribution in [1.82, 2.24) is 5.32 Å². The molecule has 13 heavy (non-hydrogen) atoms. The lowest BCUT2D eigenvalue weighted by Gasteiger charge is -2.20. The zero-order valence-corrected chi connectivity index (χ0v) is 8.23. The molecular weight excluding hydrogens is 188 g/mol. The Morgan fingerprint density at radius 2 is 2.54 bits per heavy atom. The second kappa shape index (κ2) is 3.99. The number of nitrogens with zero attached hydrogens (tertiary/aromatic N) is 1. The van der Waals surface area contributed by atoms with Gasteiger partial charge in [-0.05, 0) is 19.1 Å². The number of amides is 1. The van der Waals surface area contributed by atoms with E-state index in [2.05, 4.69) is 5.32 Å². The first-order valence-electron chi connectivity index (χ1n) is 4.09. The summed E-state index contributed by atoms with van der Waals surface area (Å²) in [6.45, 7) is 1.59. The molecule has 5 heteroatoms. The minimum atomic E-state index is -1.25. The summed E-state index contributed by atoms with van der Waals surface area (Å²) in [5, 5.41) is 20.7. The van der Waals surface area contributed by atoms with Crippen LogP contribution in [0.15, 0.2) is 0 Å². The van der Waals surface area contributed by atoms with E-state index >= 15 is 0 Å². The van der Waals surface area contributed by atoms with Crippen molar-refractivity contribution in [2.24, 2.45) is 0 Å². The first-order valence-corrected chi connectivity index (χ1v) is 5.25. The van der Waals surface area contributed by atoms with E-state index < -0.39 is 17.6 Å². The normalized spacial score (nSPS) is 29.3. The van der Waals surface area contributed by atoms with Crippen molar-refractivity contribution in [3.8, 4) is 6.07 Å². The topological polar surface area (TPSA) is 73.1 Å². The van der Waals surface area contributed by atoms with Crippen molar-refractivity contribution in [3.63, 3.8) is 0 Å². The molecule has 1 heterocycles. The Kier molecular flexibility index (Phi) is 3.17. The summed E-state index contributed by atoms with van der Waals surface area (Å²) in [5.74, 6) is 0.800. The lowest BCUT2D eigenvalue weighted by molar-refractivity contribution is -0.137. The maximum absolute atomic E-state index is 11.4. The molecule has 1 aliphatic rings. The molecule has 1 aliphatic heterocycles. The van der Waals surface area contributed by atoms with Gasteiger partial charge in [0.1, 0.15) is 6.04 Å². The van der Waals surface area contributed by atoms with Gasteiger partial charge in [-0.25, -0.2) is 0 Å². The van der Waals surface area contributed by atoms with Crippen LogP contribution >= 0.6 is 11.8 Å². The average molecular weight is 200 g/mol. The number of aliphatic hydroxyl groups is 1. The summed E-state index contributed by atoms with van der Waals surface area (Å²) in [5.41, 5.74) is -1.25. The Morgan fingerprint density at radius 1 is 1.85 bits per heavy atom. The quantitative estimate of drug-likeness (QED) is 0.652. The van der Waals surface area contributed by atoms with Gasteiger partial charge in [0.25, 0.3) is 5.91 Å². The predicted octanol–water partition coefficient (Wildman–Crippen LogP) is -0.117. The highest BCUT2D eigenvalue weighted by Crippen LogP contribution is 2.27. The molecule has 1 saturated heterocycles. The molecule has 0 radical (unpaired) electrons. The number of hydrogen-bond donors (Lipinski definition) is 2. The molecule has 0 spiro atoms. The minimum absolute atomic E-state index is 0.424. The smallest absolute Gasteiger partial charge is 0.253 e. The van der Waals surface area contributed by atoms with Crippen molar-refractivity contribution >= 4 is 17.7 Å². The van der Waals surface area contributed by atoms with E-state index in [1.807, 2.05) is 6.07 Å². The molecule has 0 aromatic carbocycles. The number of hydrogen-bond acceptors (Lipinski definition) is 4. The fraction of sp³-hybridized carbons (Fsp3) is 0.750. The van der Waals surface area contributed by atoms with Gasteiger partial charge >= 0.3 is 0 Å². The van der Waals surface area contributed by atoms with Crippen LogP contribution in [0.5, 0.6) is 0 Å². The monoisotopic (exact) mass is 200 g/mol. The molecule has 1 fully saturated rings. The predicted molar refractivity (Wildman–Crippen MR) is 50.1 cm³/mol. The van der Waals surface area contributed by atoms with E-state index in [9.17, 15) is 9.90 Å². The highest BCUT2D eigenvalue weighted by atomic mass is 32.2. The largest absolute Gasteiger partial charge is 0.379 e. The Morgan fingerprint density at radius 3 is 3.00 bits per heavy atom. The minimum Gasteiger partial charge on any atom is -0.379 e. The maximum atomic E-state index is 11.4. The molecule has 0 saturated carbocycles. The van der Waals surface area contributed by atoms with Gasteiger partial charge in [0.15, 0.2) is 5.60 Å². The molecule has 1 amide bonds. The number of rotatable bonds is 2. The van der Waals surface area contributed by atoms with E-state index in [0.29, 0.717) is 12.2 Å². The van der Waals surface area contributed by atoms with Gasteiger partial charge < -0.3 is 10.4 Å². The van der Waals surface area contributed by atoms with Gasteiger partial charge in [0.2, 0.25) is 0 Å². The summed E-state index contributed by atoms with van der Waals surface area (Å²) in [4.78, 5) is 11.4. The van der Waals surface area contributed by atoms with Gasteiger partial charge in [0, 0.05) is 5.75 Å². The Labute approximate surface area is 81.3 Å². The Hall–Kier alpha value is -0.730. The Bertz CT molecular complexity index is 243. The van der Waals surface area contributed by atoms with E-state index in [1.165, 1.54) is 0 Å². The molecule has 1 rings (SSSR count). The van der Waals surface area contributed by atoms with E-state index in [-0.39, 0.29) is 0 Å². The highest BCUT2D eigenvalue weighted by molar-refractivity contribution is 7.99. The molecule has 2 N–H and O–H groups in total. The summed E-state index contributed by atoms with van der Waals surface area (Å²) in [6, 6.07) is 1.35. The van der Waals surface area contributed by atoms with Crippen LogP contribution < -0.4 is 5.32 Å². The van der Waals surface area contributed by atoms with Gasteiger partial charge in [-0.15, -0.1) is 0 Å². The van der Waals surface area contributed by atoms with E-state index in [1.54, 1.807) is 18.7 Å². The molecule has 1 unspecified atom stereocenters. The first kappa shape index (κ1) is 10.4. The van der Waals surface area contributed by atoms with Gasteiger partial charge in [-0.2, -0.15) is 17.0 Å². The van der Waals surface area contributed by atoms with E-state index in [0.717, 1.165) is 5.75 Å². The number of nitriles is 1. The van der Waals surface area contributed by atoms with Crippen LogP contribution in [-0.2, 0) is 4.79 Å². The molecular formula is C8H12N2O2S. The van der Waals surface area contributed by atoms with Gasteiger partial charge in [-0.3, -0.25) is 4.79 Å². The Balaban J connectivity index is 2.52. The summed E-state index contributed by atoms with van der Waals surface area (Å²) in [7, 11) is 0. The van der Waals surface area contributed by atoms with Crippen LogP contribution in [0.25, 0.3) is 0 Å². The molecule has 0 aliphatic carbocycles. The van der Waals surface area contributed by atoms with Gasteiger partial charge in [-0.1, -0.05) is 0 Å². The third kappa shape index (κ3) is 2.36. The lowest BCUT2D eigenvalue weighted by Crippen LogP contribution is -2.49. The van der Waals surface area contributed by atoms with Crippen LogP contribution in [0.4, 0.5) is 0 Å². The fourth-order valence-electron chi connectivity index (χ4n) is 1.10. The molecule has 2 atom stereocenters. The third-order valence-electron chi connectivity index (χ3n) is 1.96. The highest BCUT2D eigenvalue weighted by Gasteiger charge is 2.39. The standard InChI is InChI=1S/C8H12N2O2S/c1-6(4-9)10-7(11)8(12)2-3-13-5-8/h6,12H,2-3,5H2,1H3,(H,10,11)/t6-,8?/m1/s1. The number of thioether (sulfide) groups is 1. The van der Waals surface area contributed by atoms with Crippen LogP contribution in [0.1, 0.15) is 13.3 Å². The molecule has 0 aromatic rings. The summed E-state index contributed by atoms with van der Waals surface area (Å²) in [6.07, 6.45) is 0.474. The number of carbonyl (C=O) groups is 1. The zero-order chi connectivity index (χ0) is 9.90. The van der Waals surface area contributed by atoms with Crippen molar-refractivity contribution in [1.29, 1.82) is 5.26 Å². The zero-order valence-electron chi connectivity index (χ0n) is 7.41. The third-order valence-corrected chi connectivity index (χ3v) is 3.14. The van der Waals surface area contributed by atoms with Crippen LogP contribution in [0.3, 0.4) is 0 Å². The number of carbonyl (C=O) groups excluding carboxylic acids is 1. The maximum Gasteiger partial charge on any atom is 0.253 e. The van der Waals surface area contributed by atoms with Crippen LogP contribution in [-0.4, -0.2) is 34.2 Å². The second-order valence-electron chi connectivity index (χ2n) is 3.16. The van der Waals surface area contributed by atoms with Crippen molar-refractivity contribution in [3.05, 3.63) is 0 Å².